The van der Waals surface area contributed by atoms with Crippen LogP contribution in [-0.2, 0) is 0 Å². The standard InChI is InChI=1S/C14H12BrClN2O3/c15-10-3-6-12(13(7-10)18(20)21)17-8-14(19)9-1-4-11(16)5-2-9/h1-7,14,17,19H,8H2. The second-order valence-electron chi connectivity index (χ2n) is 4.37. The summed E-state index contributed by atoms with van der Waals surface area (Å²) in [6.07, 6.45) is -0.787. The van der Waals surface area contributed by atoms with Crippen molar-refractivity contribution in [1.82, 2.24) is 0 Å². The number of rotatable bonds is 5. The van der Waals surface area contributed by atoms with E-state index in [0.717, 1.165) is 0 Å². The van der Waals surface area contributed by atoms with Crippen LogP contribution in [0.25, 0.3) is 0 Å². The second-order valence-corrected chi connectivity index (χ2v) is 5.72. The highest BCUT2D eigenvalue weighted by atomic mass is 79.9. The molecule has 0 aliphatic rings. The van der Waals surface area contributed by atoms with E-state index < -0.39 is 11.0 Å². The summed E-state index contributed by atoms with van der Waals surface area (Å²) in [5.74, 6) is 0. The summed E-state index contributed by atoms with van der Waals surface area (Å²) in [4.78, 5) is 10.5. The number of hydrogen-bond acceptors (Lipinski definition) is 4. The first-order valence-corrected chi connectivity index (χ1v) is 7.26. The summed E-state index contributed by atoms with van der Waals surface area (Å²) in [7, 11) is 0. The van der Waals surface area contributed by atoms with Gasteiger partial charge in [0.25, 0.3) is 5.69 Å². The number of nitrogens with zero attached hydrogens (tertiary/aromatic N) is 1. The first-order chi connectivity index (χ1) is 9.97. The molecule has 0 fully saturated rings. The SMILES string of the molecule is O=[N+]([O-])c1cc(Br)ccc1NCC(O)c1ccc(Cl)cc1. The molecule has 0 radical (unpaired) electrons. The highest BCUT2D eigenvalue weighted by Gasteiger charge is 2.15. The third-order valence-corrected chi connectivity index (χ3v) is 3.64. The lowest BCUT2D eigenvalue weighted by molar-refractivity contribution is -0.384. The van der Waals surface area contributed by atoms with E-state index in [2.05, 4.69) is 21.2 Å². The molecular formula is C14H12BrClN2O3. The van der Waals surface area contributed by atoms with Crippen LogP contribution < -0.4 is 5.32 Å². The molecule has 21 heavy (non-hydrogen) atoms. The normalized spacial score (nSPS) is 12.0. The van der Waals surface area contributed by atoms with Gasteiger partial charge in [0, 0.05) is 22.1 Å². The summed E-state index contributed by atoms with van der Waals surface area (Å²) in [5, 5.41) is 24.5. The van der Waals surface area contributed by atoms with Gasteiger partial charge < -0.3 is 10.4 Å². The average Bonchev–Trinajstić information content (AvgIpc) is 2.46. The van der Waals surface area contributed by atoms with Gasteiger partial charge in [0.15, 0.2) is 0 Å². The maximum absolute atomic E-state index is 11.0. The number of nitro benzene ring substituents is 1. The predicted octanol–water partition coefficient (Wildman–Crippen LogP) is 4.16. The van der Waals surface area contributed by atoms with Gasteiger partial charge in [0.2, 0.25) is 0 Å². The van der Waals surface area contributed by atoms with Crippen LogP contribution in [0.3, 0.4) is 0 Å². The summed E-state index contributed by atoms with van der Waals surface area (Å²) >= 11 is 8.98. The molecule has 2 aromatic carbocycles. The molecule has 0 aliphatic carbocycles. The lowest BCUT2D eigenvalue weighted by Gasteiger charge is -2.13. The van der Waals surface area contributed by atoms with Crippen LogP contribution in [0.15, 0.2) is 46.9 Å². The molecule has 7 heteroatoms. The monoisotopic (exact) mass is 370 g/mol. The minimum absolute atomic E-state index is 0.0484. The van der Waals surface area contributed by atoms with Crippen molar-refractivity contribution in [3.05, 3.63) is 67.6 Å². The van der Waals surface area contributed by atoms with Crippen LogP contribution in [0.1, 0.15) is 11.7 Å². The van der Waals surface area contributed by atoms with Gasteiger partial charge >= 0.3 is 0 Å². The van der Waals surface area contributed by atoms with E-state index in [4.69, 9.17) is 11.6 Å². The Hall–Kier alpha value is -1.63. The molecule has 2 N–H and O–H groups in total. The van der Waals surface area contributed by atoms with Crippen molar-refractivity contribution in [2.24, 2.45) is 0 Å². The van der Waals surface area contributed by atoms with Crippen LogP contribution in [0.2, 0.25) is 5.02 Å². The van der Waals surface area contributed by atoms with Crippen molar-refractivity contribution >= 4 is 38.9 Å². The maximum atomic E-state index is 11.0. The van der Waals surface area contributed by atoms with Crippen molar-refractivity contribution in [2.45, 2.75) is 6.10 Å². The Kier molecular flexibility index (Phi) is 5.17. The van der Waals surface area contributed by atoms with E-state index in [1.165, 1.54) is 6.07 Å². The minimum atomic E-state index is -0.787. The third-order valence-electron chi connectivity index (χ3n) is 2.90. The Morgan fingerprint density at radius 1 is 1.29 bits per heavy atom. The first-order valence-electron chi connectivity index (χ1n) is 6.08. The molecule has 0 saturated carbocycles. The molecule has 0 amide bonds. The van der Waals surface area contributed by atoms with Crippen LogP contribution in [0.4, 0.5) is 11.4 Å². The zero-order valence-electron chi connectivity index (χ0n) is 10.8. The zero-order valence-corrected chi connectivity index (χ0v) is 13.1. The molecule has 0 aromatic heterocycles. The van der Waals surface area contributed by atoms with Crippen molar-refractivity contribution < 1.29 is 10.0 Å². The first kappa shape index (κ1) is 15.8. The van der Waals surface area contributed by atoms with Crippen molar-refractivity contribution in [2.75, 3.05) is 11.9 Å². The van der Waals surface area contributed by atoms with Crippen LogP contribution in [0.5, 0.6) is 0 Å². The molecule has 1 atom stereocenters. The van der Waals surface area contributed by atoms with Gasteiger partial charge in [0.05, 0.1) is 11.0 Å². The molecule has 2 rings (SSSR count). The molecular weight excluding hydrogens is 360 g/mol. The Labute approximate surface area is 134 Å². The number of benzene rings is 2. The van der Waals surface area contributed by atoms with Crippen LogP contribution in [-0.4, -0.2) is 16.6 Å². The smallest absolute Gasteiger partial charge is 0.293 e. The number of halogens is 2. The lowest BCUT2D eigenvalue weighted by atomic mass is 10.1. The van der Waals surface area contributed by atoms with Gasteiger partial charge in [-0.2, -0.15) is 0 Å². The van der Waals surface area contributed by atoms with Crippen LogP contribution in [0, 0.1) is 10.1 Å². The molecule has 1 unspecified atom stereocenters. The Balaban J connectivity index is 2.09. The van der Waals surface area contributed by atoms with Gasteiger partial charge in [-0.15, -0.1) is 0 Å². The summed E-state index contributed by atoms with van der Waals surface area (Å²) in [6, 6.07) is 11.5. The van der Waals surface area contributed by atoms with E-state index in [9.17, 15) is 15.2 Å². The highest BCUT2D eigenvalue weighted by molar-refractivity contribution is 9.10. The van der Waals surface area contributed by atoms with Crippen molar-refractivity contribution in [3.63, 3.8) is 0 Å². The average molecular weight is 372 g/mol. The number of hydrogen-bond donors (Lipinski definition) is 2. The molecule has 0 saturated heterocycles. The van der Waals surface area contributed by atoms with E-state index >= 15 is 0 Å². The van der Waals surface area contributed by atoms with E-state index in [-0.39, 0.29) is 12.2 Å². The van der Waals surface area contributed by atoms with Gasteiger partial charge in [-0.25, -0.2) is 0 Å². The number of nitro groups is 1. The molecule has 110 valence electrons. The Bertz CT molecular complexity index is 649. The molecule has 2 aromatic rings. The number of aliphatic hydroxyl groups is 1. The molecule has 0 heterocycles. The van der Waals surface area contributed by atoms with E-state index in [1.54, 1.807) is 36.4 Å². The van der Waals surface area contributed by atoms with Gasteiger partial charge in [-0.05, 0) is 29.8 Å². The van der Waals surface area contributed by atoms with E-state index in [1.807, 2.05) is 0 Å². The topological polar surface area (TPSA) is 75.4 Å². The molecule has 0 spiro atoms. The maximum Gasteiger partial charge on any atom is 0.293 e. The largest absolute Gasteiger partial charge is 0.387 e. The fourth-order valence-electron chi connectivity index (χ4n) is 1.81. The summed E-state index contributed by atoms with van der Waals surface area (Å²) < 4.78 is 0.623. The molecule has 0 aliphatic heterocycles. The number of aliphatic hydroxyl groups excluding tert-OH is 1. The highest BCUT2D eigenvalue weighted by Crippen LogP contribution is 2.28. The number of nitrogens with one attached hydrogen (secondary N) is 1. The fraction of sp³-hybridized carbons (Fsp3) is 0.143. The van der Waals surface area contributed by atoms with E-state index in [0.29, 0.717) is 20.7 Å². The summed E-state index contributed by atoms with van der Waals surface area (Å²) in [6.45, 7) is 0.157. The summed E-state index contributed by atoms with van der Waals surface area (Å²) in [5.41, 5.74) is 0.996. The van der Waals surface area contributed by atoms with Gasteiger partial charge in [-0.3, -0.25) is 10.1 Å². The molecule has 0 bridgehead atoms. The Morgan fingerprint density at radius 2 is 1.95 bits per heavy atom. The van der Waals surface area contributed by atoms with Gasteiger partial charge in [0.1, 0.15) is 5.69 Å². The predicted molar refractivity (Wildman–Crippen MR) is 85.7 cm³/mol. The minimum Gasteiger partial charge on any atom is -0.387 e. The van der Waals surface area contributed by atoms with Gasteiger partial charge in [-0.1, -0.05) is 39.7 Å². The number of anilines is 1. The fourth-order valence-corrected chi connectivity index (χ4v) is 2.29. The molecule has 5 nitrogen and oxygen atoms in total. The third kappa shape index (κ3) is 4.17. The Morgan fingerprint density at radius 3 is 2.57 bits per heavy atom. The zero-order chi connectivity index (χ0) is 15.4. The quantitative estimate of drug-likeness (QED) is 0.611. The van der Waals surface area contributed by atoms with Crippen molar-refractivity contribution in [3.8, 4) is 0 Å². The van der Waals surface area contributed by atoms with Crippen molar-refractivity contribution in [1.29, 1.82) is 0 Å². The second kappa shape index (κ2) is 6.89. The lowest BCUT2D eigenvalue weighted by Crippen LogP contribution is -2.13. The van der Waals surface area contributed by atoms with Crippen LogP contribution >= 0.6 is 27.5 Å².